The monoisotopic (exact) mass is 210 g/mol. The zero-order valence-corrected chi connectivity index (χ0v) is 9.42. The molecule has 0 spiro atoms. The molecule has 0 heterocycles. The first-order chi connectivity index (χ1) is 5.49. The van der Waals surface area contributed by atoms with E-state index in [2.05, 4.69) is 18.1 Å². The topological polar surface area (TPSA) is 37.3 Å². The number of rotatable bonds is 6. The van der Waals surface area contributed by atoms with Gasteiger partial charge in [-0.2, -0.15) is 0 Å². The Morgan fingerprint density at radius 2 is 2.08 bits per heavy atom. The van der Waals surface area contributed by atoms with E-state index in [1.807, 2.05) is 6.92 Å². The Labute approximate surface area is 80.2 Å². The maximum Gasteiger partial charge on any atom is 0.141 e. The van der Waals surface area contributed by atoms with Crippen LogP contribution in [-0.2, 0) is 20.0 Å². The maximum absolute atomic E-state index is 10.9. The quantitative estimate of drug-likeness (QED) is 0.731. The van der Waals surface area contributed by atoms with E-state index in [0.29, 0.717) is 11.7 Å². The van der Waals surface area contributed by atoms with Crippen molar-refractivity contribution in [1.82, 2.24) is 0 Å². The molecule has 0 aromatic carbocycles. The van der Waals surface area contributed by atoms with Crippen LogP contribution in [0.25, 0.3) is 0 Å². The van der Waals surface area contributed by atoms with Crippen LogP contribution in [0.4, 0.5) is 0 Å². The number of unbranched alkanes of at least 4 members (excludes halogenated alkanes) is 1. The Kier molecular flexibility index (Phi) is 6.05. The molecule has 74 valence electrons. The summed E-state index contributed by atoms with van der Waals surface area (Å²) >= 11 is 4.46. The van der Waals surface area contributed by atoms with Gasteiger partial charge in [-0.15, -0.1) is 0 Å². The van der Waals surface area contributed by atoms with E-state index in [9.17, 15) is 4.21 Å². The lowest BCUT2D eigenvalue weighted by atomic mass is 10.0. The highest BCUT2D eigenvalue weighted by Gasteiger charge is 2.11. The summed E-state index contributed by atoms with van der Waals surface area (Å²) < 4.78 is 19.9. The summed E-state index contributed by atoms with van der Waals surface area (Å²) in [6.45, 7) is 4.16. The Morgan fingerprint density at radius 3 is 2.42 bits per heavy atom. The fourth-order valence-electron chi connectivity index (χ4n) is 1.20. The van der Waals surface area contributed by atoms with Crippen LogP contribution in [0.5, 0.6) is 0 Å². The van der Waals surface area contributed by atoms with Gasteiger partial charge < -0.3 is 4.55 Å². The highest BCUT2D eigenvalue weighted by Crippen LogP contribution is 2.14. The molecule has 12 heavy (non-hydrogen) atoms. The zero-order chi connectivity index (χ0) is 9.61. The van der Waals surface area contributed by atoms with Crippen LogP contribution >= 0.6 is 0 Å². The van der Waals surface area contributed by atoms with Gasteiger partial charge in [0.25, 0.3) is 0 Å². The average molecular weight is 210 g/mol. The molecule has 0 aromatic rings. The molecule has 1 N–H and O–H groups in total. The molecule has 2 unspecified atom stereocenters. The SMILES string of the molecule is CCCCC(CC)CS(=O)(O)=S. The van der Waals surface area contributed by atoms with E-state index in [-0.39, 0.29) is 0 Å². The predicted molar refractivity (Wildman–Crippen MR) is 56.3 cm³/mol. The predicted octanol–water partition coefficient (Wildman–Crippen LogP) is 2.42. The minimum Gasteiger partial charge on any atom is -0.306 e. The molecule has 4 heteroatoms. The fraction of sp³-hybridized carbons (Fsp3) is 1.00. The molecule has 0 aliphatic rings. The van der Waals surface area contributed by atoms with Gasteiger partial charge >= 0.3 is 0 Å². The number of hydrogen-bond acceptors (Lipinski definition) is 2. The molecule has 0 aromatic heterocycles. The van der Waals surface area contributed by atoms with Crippen molar-refractivity contribution in [3.05, 3.63) is 0 Å². The van der Waals surface area contributed by atoms with Crippen molar-refractivity contribution in [2.45, 2.75) is 39.5 Å². The van der Waals surface area contributed by atoms with Gasteiger partial charge in [0.05, 0.1) is 5.75 Å². The van der Waals surface area contributed by atoms with Gasteiger partial charge in [0.2, 0.25) is 0 Å². The van der Waals surface area contributed by atoms with Gasteiger partial charge in [-0.05, 0) is 12.3 Å². The van der Waals surface area contributed by atoms with Crippen molar-refractivity contribution in [3.63, 3.8) is 0 Å². The van der Waals surface area contributed by atoms with E-state index in [4.69, 9.17) is 4.55 Å². The molecule has 2 nitrogen and oxygen atoms in total. The van der Waals surface area contributed by atoms with E-state index < -0.39 is 8.77 Å². The second-order valence-electron chi connectivity index (χ2n) is 3.17. The zero-order valence-electron chi connectivity index (χ0n) is 7.78. The van der Waals surface area contributed by atoms with E-state index in [1.54, 1.807) is 0 Å². The third-order valence-corrected chi connectivity index (χ3v) is 3.29. The summed E-state index contributed by atoms with van der Waals surface area (Å²) in [5, 5.41) is 0. The molecule has 0 bridgehead atoms. The third-order valence-electron chi connectivity index (χ3n) is 1.99. The van der Waals surface area contributed by atoms with Crippen LogP contribution < -0.4 is 0 Å². The highest BCUT2D eigenvalue weighted by molar-refractivity contribution is 8.29. The van der Waals surface area contributed by atoms with Crippen LogP contribution in [0, 0.1) is 5.92 Å². The second kappa shape index (κ2) is 5.89. The van der Waals surface area contributed by atoms with Crippen LogP contribution in [0.3, 0.4) is 0 Å². The molecule has 0 aliphatic carbocycles. The van der Waals surface area contributed by atoms with Gasteiger partial charge in [-0.3, -0.25) is 0 Å². The van der Waals surface area contributed by atoms with Gasteiger partial charge in [0.15, 0.2) is 0 Å². The van der Waals surface area contributed by atoms with Crippen molar-refractivity contribution < 1.29 is 8.76 Å². The molecule has 2 atom stereocenters. The molecular weight excluding hydrogens is 192 g/mol. The smallest absolute Gasteiger partial charge is 0.141 e. The molecule has 0 rings (SSSR count). The minimum atomic E-state index is -2.93. The van der Waals surface area contributed by atoms with Crippen LogP contribution in [0.2, 0.25) is 0 Å². The lowest BCUT2D eigenvalue weighted by molar-refractivity contribution is 0.475. The first kappa shape index (κ1) is 12.3. The highest BCUT2D eigenvalue weighted by atomic mass is 32.8. The first-order valence-electron chi connectivity index (χ1n) is 4.44. The summed E-state index contributed by atoms with van der Waals surface area (Å²) in [5.74, 6) is 0.624. The Bertz CT molecular complexity index is 197. The van der Waals surface area contributed by atoms with Gasteiger partial charge in [-0.25, -0.2) is 4.21 Å². The third kappa shape index (κ3) is 7.00. The van der Waals surface area contributed by atoms with Crippen LogP contribution in [-0.4, -0.2) is 14.5 Å². The first-order valence-corrected chi connectivity index (χ1v) is 7.05. The molecule has 0 fully saturated rings. The molecule has 0 saturated heterocycles. The van der Waals surface area contributed by atoms with E-state index >= 15 is 0 Å². The summed E-state index contributed by atoms with van der Waals surface area (Å²) in [5.41, 5.74) is 0. The van der Waals surface area contributed by atoms with Crippen molar-refractivity contribution in [3.8, 4) is 0 Å². The molecule has 0 saturated carbocycles. The lowest BCUT2D eigenvalue weighted by Gasteiger charge is -2.12. The van der Waals surface area contributed by atoms with E-state index in [1.165, 1.54) is 0 Å². The lowest BCUT2D eigenvalue weighted by Crippen LogP contribution is -2.13. The molecule has 0 radical (unpaired) electrons. The van der Waals surface area contributed by atoms with Crippen molar-refractivity contribution in [2.75, 3.05) is 5.75 Å². The molecule has 0 aliphatic heterocycles. The standard InChI is InChI=1S/C8H18O2S2/c1-3-5-6-8(4-2)7-12(9,10)11/h8H,3-7H2,1-2H3,(H,9,10,11). The van der Waals surface area contributed by atoms with Gasteiger partial charge in [-0.1, -0.05) is 33.1 Å². The van der Waals surface area contributed by atoms with Crippen LogP contribution in [0.15, 0.2) is 0 Å². The van der Waals surface area contributed by atoms with E-state index in [0.717, 1.165) is 25.7 Å². The average Bonchev–Trinajstić information content (AvgIpc) is 1.95. The normalized spacial score (nSPS) is 18.6. The van der Waals surface area contributed by atoms with Gasteiger partial charge in [0, 0.05) is 11.2 Å². The summed E-state index contributed by atoms with van der Waals surface area (Å²) in [4.78, 5) is 0. The fourth-order valence-corrected chi connectivity index (χ4v) is 2.77. The van der Waals surface area contributed by atoms with Crippen molar-refractivity contribution in [2.24, 2.45) is 5.92 Å². The number of hydrogen-bond donors (Lipinski definition) is 1. The van der Waals surface area contributed by atoms with Gasteiger partial charge in [0.1, 0.15) is 8.77 Å². The minimum absolute atomic E-state index is 0.291. The molecule has 0 amide bonds. The largest absolute Gasteiger partial charge is 0.306 e. The Balaban J connectivity index is 3.83. The Hall–Kier alpha value is 0.330. The Morgan fingerprint density at radius 1 is 1.50 bits per heavy atom. The van der Waals surface area contributed by atoms with Crippen molar-refractivity contribution in [1.29, 1.82) is 0 Å². The molecular formula is C8H18O2S2. The summed E-state index contributed by atoms with van der Waals surface area (Å²) in [7, 11) is -2.93. The second-order valence-corrected chi connectivity index (χ2v) is 6.22. The maximum atomic E-state index is 10.9. The van der Waals surface area contributed by atoms with Crippen molar-refractivity contribution >= 4 is 20.0 Å². The summed E-state index contributed by atoms with van der Waals surface area (Å²) in [6, 6.07) is 0. The summed E-state index contributed by atoms with van der Waals surface area (Å²) in [6.07, 6.45) is 4.25. The van der Waals surface area contributed by atoms with Crippen LogP contribution in [0.1, 0.15) is 39.5 Å².